The molecule has 1 aromatic carbocycles. The number of nitrogens with zero attached hydrogens (tertiary/aromatic N) is 5. The standard InChI is InChI=1S/C21H26ClN5O4/c1-20(2,3)31-19(28)27-10-13(11-27)30-17-7-6-16(21(4,12-29-5)25-26-23)14-8-18(22)24-9-15(14)17/h6-9,13H,10-12H2,1-5H3/t21-/m1/s1. The number of ether oxygens (including phenoxy) is 3. The summed E-state index contributed by atoms with van der Waals surface area (Å²) < 4.78 is 16.8. The molecule has 2 aromatic rings. The largest absolute Gasteiger partial charge is 0.486 e. The molecule has 1 amide bonds. The van der Waals surface area contributed by atoms with Crippen molar-refractivity contribution in [2.45, 2.75) is 44.9 Å². The van der Waals surface area contributed by atoms with E-state index in [-0.39, 0.29) is 18.8 Å². The molecule has 10 heteroatoms. The number of halogens is 1. The van der Waals surface area contributed by atoms with Crippen molar-refractivity contribution >= 4 is 28.5 Å². The number of hydrogen-bond donors (Lipinski definition) is 0. The minimum Gasteiger partial charge on any atom is -0.486 e. The van der Waals surface area contributed by atoms with Gasteiger partial charge in [0, 0.05) is 23.6 Å². The van der Waals surface area contributed by atoms with Crippen LogP contribution < -0.4 is 4.74 Å². The fourth-order valence-corrected chi connectivity index (χ4v) is 3.63. The van der Waals surface area contributed by atoms with E-state index in [0.717, 1.165) is 16.3 Å². The molecule has 1 fully saturated rings. The number of methoxy groups -OCH3 is 1. The summed E-state index contributed by atoms with van der Waals surface area (Å²) in [5.74, 6) is 0.609. The van der Waals surface area contributed by atoms with Gasteiger partial charge in [-0.25, -0.2) is 9.78 Å². The Kier molecular flexibility index (Phi) is 6.50. The number of rotatable bonds is 6. The lowest BCUT2D eigenvalue weighted by Crippen LogP contribution is -2.57. The first-order valence-electron chi connectivity index (χ1n) is 9.85. The molecule has 1 atom stereocenters. The fraction of sp³-hybridized carbons (Fsp3) is 0.524. The lowest BCUT2D eigenvalue weighted by molar-refractivity contribution is -0.0217. The minimum atomic E-state index is -0.936. The van der Waals surface area contributed by atoms with Crippen LogP contribution in [0.1, 0.15) is 33.3 Å². The lowest BCUT2D eigenvalue weighted by Gasteiger charge is -2.39. The first-order valence-corrected chi connectivity index (χ1v) is 10.2. The molecule has 2 heterocycles. The number of benzene rings is 1. The Balaban J connectivity index is 1.86. The summed E-state index contributed by atoms with van der Waals surface area (Å²) in [6.07, 6.45) is 1.11. The predicted molar refractivity (Wildman–Crippen MR) is 117 cm³/mol. The molecule has 1 aliphatic rings. The van der Waals surface area contributed by atoms with E-state index in [9.17, 15) is 4.79 Å². The maximum absolute atomic E-state index is 12.1. The zero-order valence-electron chi connectivity index (χ0n) is 18.3. The summed E-state index contributed by atoms with van der Waals surface area (Å²) in [7, 11) is 1.55. The fourth-order valence-electron chi connectivity index (χ4n) is 3.47. The highest BCUT2D eigenvalue weighted by Gasteiger charge is 2.36. The van der Waals surface area contributed by atoms with Crippen LogP contribution in [0.3, 0.4) is 0 Å². The van der Waals surface area contributed by atoms with Crippen LogP contribution in [-0.4, -0.2) is 54.5 Å². The van der Waals surface area contributed by atoms with Crippen LogP contribution in [0.5, 0.6) is 5.75 Å². The number of fused-ring (bicyclic) bond motifs is 1. The van der Waals surface area contributed by atoms with E-state index in [0.29, 0.717) is 24.0 Å². The number of aromatic nitrogens is 1. The molecule has 9 nitrogen and oxygen atoms in total. The summed E-state index contributed by atoms with van der Waals surface area (Å²) in [6, 6.07) is 5.36. The van der Waals surface area contributed by atoms with Crippen molar-refractivity contribution in [1.29, 1.82) is 0 Å². The molecule has 0 aliphatic carbocycles. The highest BCUT2D eigenvalue weighted by Crippen LogP contribution is 2.38. The van der Waals surface area contributed by atoms with Crippen LogP contribution in [-0.2, 0) is 15.0 Å². The van der Waals surface area contributed by atoms with Crippen molar-refractivity contribution in [2.24, 2.45) is 5.11 Å². The van der Waals surface area contributed by atoms with E-state index in [4.69, 9.17) is 31.3 Å². The molecule has 1 aromatic heterocycles. The second-order valence-corrected chi connectivity index (χ2v) is 9.07. The van der Waals surface area contributed by atoms with Crippen LogP contribution in [0.25, 0.3) is 21.2 Å². The zero-order valence-corrected chi connectivity index (χ0v) is 19.0. The normalized spacial score (nSPS) is 16.3. The second-order valence-electron chi connectivity index (χ2n) is 8.69. The highest BCUT2D eigenvalue weighted by atomic mass is 35.5. The zero-order chi connectivity index (χ0) is 22.8. The van der Waals surface area contributed by atoms with Gasteiger partial charge >= 0.3 is 6.09 Å². The van der Waals surface area contributed by atoms with Gasteiger partial charge in [0.05, 0.1) is 25.2 Å². The van der Waals surface area contributed by atoms with Crippen molar-refractivity contribution in [3.8, 4) is 5.75 Å². The molecule has 0 unspecified atom stereocenters. The Labute approximate surface area is 185 Å². The Bertz CT molecular complexity index is 1030. The second kappa shape index (κ2) is 8.78. The van der Waals surface area contributed by atoms with Gasteiger partial charge in [0.2, 0.25) is 0 Å². The van der Waals surface area contributed by atoms with E-state index in [1.807, 2.05) is 32.9 Å². The summed E-state index contributed by atoms with van der Waals surface area (Å²) in [6.45, 7) is 8.34. The summed E-state index contributed by atoms with van der Waals surface area (Å²) in [5, 5.41) is 5.76. The minimum absolute atomic E-state index is 0.167. The summed E-state index contributed by atoms with van der Waals surface area (Å²) >= 11 is 6.15. The van der Waals surface area contributed by atoms with Crippen molar-refractivity contribution in [2.75, 3.05) is 26.8 Å². The number of hydrogen-bond acceptors (Lipinski definition) is 6. The van der Waals surface area contributed by atoms with Crippen LogP contribution >= 0.6 is 11.6 Å². The summed E-state index contributed by atoms with van der Waals surface area (Å²) in [5.41, 5.74) is 8.34. The molecule has 0 N–H and O–H groups in total. The third-order valence-electron chi connectivity index (χ3n) is 4.89. The monoisotopic (exact) mass is 447 g/mol. The van der Waals surface area contributed by atoms with E-state index in [1.165, 1.54) is 0 Å². The quantitative estimate of drug-likeness (QED) is 0.266. The number of pyridine rings is 1. The Morgan fingerprint density at radius 3 is 2.65 bits per heavy atom. The molecular formula is C21H26ClN5O4. The van der Waals surface area contributed by atoms with E-state index < -0.39 is 11.1 Å². The van der Waals surface area contributed by atoms with Crippen molar-refractivity contribution in [3.63, 3.8) is 0 Å². The number of carbonyl (C=O) groups excluding carboxylic acids is 1. The Morgan fingerprint density at radius 2 is 2.03 bits per heavy atom. The molecule has 3 rings (SSSR count). The maximum Gasteiger partial charge on any atom is 0.410 e. The molecule has 0 spiro atoms. The van der Waals surface area contributed by atoms with Gasteiger partial charge in [0.15, 0.2) is 0 Å². The molecule has 1 saturated heterocycles. The molecule has 1 aliphatic heterocycles. The molecule has 31 heavy (non-hydrogen) atoms. The number of likely N-dealkylation sites (tertiary alicyclic amines) is 1. The van der Waals surface area contributed by atoms with Gasteiger partial charge in [-0.2, -0.15) is 0 Å². The Morgan fingerprint density at radius 1 is 1.32 bits per heavy atom. The van der Waals surface area contributed by atoms with E-state index >= 15 is 0 Å². The molecular weight excluding hydrogens is 422 g/mol. The molecule has 166 valence electrons. The van der Waals surface area contributed by atoms with Gasteiger partial charge in [0.25, 0.3) is 0 Å². The first-order chi connectivity index (χ1) is 14.6. The molecule has 0 bridgehead atoms. The van der Waals surface area contributed by atoms with Gasteiger partial charge in [-0.3, -0.25) is 0 Å². The predicted octanol–water partition coefficient (Wildman–Crippen LogP) is 5.06. The number of carbonyl (C=O) groups is 1. The highest BCUT2D eigenvalue weighted by molar-refractivity contribution is 6.30. The van der Waals surface area contributed by atoms with E-state index in [2.05, 4.69) is 15.0 Å². The molecule has 0 saturated carbocycles. The van der Waals surface area contributed by atoms with Gasteiger partial charge in [-0.05, 0) is 56.3 Å². The van der Waals surface area contributed by atoms with Crippen LogP contribution in [0, 0.1) is 0 Å². The van der Waals surface area contributed by atoms with E-state index in [1.54, 1.807) is 31.2 Å². The van der Waals surface area contributed by atoms with Crippen LogP contribution in [0.2, 0.25) is 5.15 Å². The summed E-state index contributed by atoms with van der Waals surface area (Å²) in [4.78, 5) is 20.9. The number of azide groups is 1. The van der Waals surface area contributed by atoms with Gasteiger partial charge in [-0.15, -0.1) is 0 Å². The topological polar surface area (TPSA) is 110 Å². The maximum atomic E-state index is 12.1. The third kappa shape index (κ3) is 5.12. The van der Waals surface area contributed by atoms with Gasteiger partial charge < -0.3 is 19.1 Å². The average Bonchev–Trinajstić information content (AvgIpc) is 2.62. The number of amides is 1. The SMILES string of the molecule is COC[C@@](C)(N=[N+]=[N-])c1ccc(OC2CN(C(=O)OC(C)(C)C)C2)c2cnc(Cl)cc12. The van der Waals surface area contributed by atoms with Crippen molar-refractivity contribution in [3.05, 3.63) is 45.6 Å². The van der Waals surface area contributed by atoms with Gasteiger partial charge in [-0.1, -0.05) is 22.8 Å². The smallest absolute Gasteiger partial charge is 0.410 e. The Hall–Kier alpha value is -2.74. The van der Waals surface area contributed by atoms with Crippen molar-refractivity contribution < 1.29 is 19.0 Å². The third-order valence-corrected chi connectivity index (χ3v) is 5.10. The average molecular weight is 448 g/mol. The van der Waals surface area contributed by atoms with Crippen molar-refractivity contribution in [1.82, 2.24) is 9.88 Å². The van der Waals surface area contributed by atoms with Gasteiger partial charge in [0.1, 0.15) is 22.6 Å². The van der Waals surface area contributed by atoms with Crippen LogP contribution in [0.4, 0.5) is 4.79 Å². The molecule has 0 radical (unpaired) electrons. The first kappa shape index (κ1) is 22.9. The van der Waals surface area contributed by atoms with Crippen LogP contribution in [0.15, 0.2) is 29.5 Å². The lowest BCUT2D eigenvalue weighted by atomic mass is 9.89.